The van der Waals surface area contributed by atoms with Crippen molar-refractivity contribution in [1.29, 1.82) is 0 Å². The van der Waals surface area contributed by atoms with Crippen LogP contribution in [0.15, 0.2) is 18.3 Å². The summed E-state index contributed by atoms with van der Waals surface area (Å²) in [5.74, 6) is -0.518. The van der Waals surface area contributed by atoms with Gasteiger partial charge < -0.3 is 5.32 Å². The van der Waals surface area contributed by atoms with Gasteiger partial charge in [-0.05, 0) is 18.6 Å². The van der Waals surface area contributed by atoms with E-state index in [1.165, 1.54) is 7.05 Å². The smallest absolute Gasteiger partial charge is 0.358 e. The second-order valence-corrected chi connectivity index (χ2v) is 4.46. The number of pyridine rings is 1. The van der Waals surface area contributed by atoms with E-state index >= 15 is 0 Å². The summed E-state index contributed by atoms with van der Waals surface area (Å²) in [4.78, 5) is 27.7. The molecular weight excluding hydrogens is 275 g/mol. The molecule has 20 heavy (non-hydrogen) atoms. The Morgan fingerprint density at radius 1 is 1.35 bits per heavy atom. The summed E-state index contributed by atoms with van der Waals surface area (Å²) in [7, 11) is 1.37. The molecule has 1 aromatic rings. The predicted molar refractivity (Wildman–Crippen MR) is 63.7 cm³/mol. The number of rotatable bonds is 2. The normalized spacial score (nSPS) is 20.2. The second-order valence-electron chi connectivity index (χ2n) is 4.46. The molecule has 2 heterocycles. The number of nitrogens with zero attached hydrogens (tertiary/aromatic N) is 2. The highest BCUT2D eigenvalue weighted by Crippen LogP contribution is 2.29. The van der Waals surface area contributed by atoms with Crippen molar-refractivity contribution >= 4 is 17.6 Å². The lowest BCUT2D eigenvalue weighted by Gasteiger charge is -2.28. The second kappa shape index (κ2) is 5.10. The molecule has 0 aromatic carbocycles. The lowest BCUT2D eigenvalue weighted by Crippen LogP contribution is -2.48. The first kappa shape index (κ1) is 14.3. The van der Waals surface area contributed by atoms with Gasteiger partial charge in [0.1, 0.15) is 11.9 Å². The van der Waals surface area contributed by atoms with Crippen molar-refractivity contribution in [3.05, 3.63) is 23.9 Å². The van der Waals surface area contributed by atoms with E-state index in [1.807, 2.05) is 0 Å². The third-order valence-electron chi connectivity index (χ3n) is 3.06. The third-order valence-corrected chi connectivity index (χ3v) is 3.06. The third kappa shape index (κ3) is 2.89. The number of halogens is 3. The molecule has 1 aliphatic heterocycles. The van der Waals surface area contributed by atoms with Crippen molar-refractivity contribution in [2.24, 2.45) is 0 Å². The largest absolute Gasteiger partial charge is 0.417 e. The molecule has 8 heteroatoms. The number of alkyl halides is 3. The van der Waals surface area contributed by atoms with Crippen LogP contribution in [0.3, 0.4) is 0 Å². The number of hydrogen-bond acceptors (Lipinski definition) is 4. The maximum atomic E-state index is 12.4. The number of imide groups is 1. The van der Waals surface area contributed by atoms with Crippen molar-refractivity contribution in [3.63, 3.8) is 0 Å². The van der Waals surface area contributed by atoms with E-state index in [1.54, 1.807) is 0 Å². The van der Waals surface area contributed by atoms with E-state index < -0.39 is 23.7 Å². The molecule has 2 amide bonds. The predicted octanol–water partition coefficient (Wildman–Crippen LogP) is 1.66. The Balaban J connectivity index is 2.07. The van der Waals surface area contributed by atoms with E-state index in [2.05, 4.69) is 10.3 Å². The quantitative estimate of drug-likeness (QED) is 0.840. The molecule has 0 radical (unpaired) electrons. The Morgan fingerprint density at radius 3 is 2.60 bits per heavy atom. The van der Waals surface area contributed by atoms with Crippen LogP contribution >= 0.6 is 0 Å². The number of likely N-dealkylation sites (N-methyl/N-ethyl adjacent to an activating group) is 1. The van der Waals surface area contributed by atoms with Gasteiger partial charge in [-0.25, -0.2) is 4.98 Å². The zero-order chi connectivity index (χ0) is 14.9. The highest BCUT2D eigenvalue weighted by atomic mass is 19.4. The van der Waals surface area contributed by atoms with Gasteiger partial charge in [-0.2, -0.15) is 13.2 Å². The highest BCUT2D eigenvalue weighted by Gasteiger charge is 2.33. The molecule has 1 aliphatic rings. The summed E-state index contributed by atoms with van der Waals surface area (Å²) < 4.78 is 37.1. The van der Waals surface area contributed by atoms with E-state index in [0.717, 1.165) is 17.0 Å². The topological polar surface area (TPSA) is 62.3 Å². The van der Waals surface area contributed by atoms with Crippen LogP contribution in [0.2, 0.25) is 0 Å². The Morgan fingerprint density at radius 2 is 2.05 bits per heavy atom. The van der Waals surface area contributed by atoms with Gasteiger partial charge in [-0.1, -0.05) is 0 Å². The Bertz CT molecular complexity index is 528. The van der Waals surface area contributed by atoms with Crippen molar-refractivity contribution < 1.29 is 22.8 Å². The van der Waals surface area contributed by atoms with Gasteiger partial charge >= 0.3 is 6.18 Å². The highest BCUT2D eigenvalue weighted by molar-refractivity contribution is 6.01. The van der Waals surface area contributed by atoms with Crippen molar-refractivity contribution in [2.45, 2.75) is 25.1 Å². The van der Waals surface area contributed by atoms with Crippen LogP contribution in [-0.2, 0) is 15.8 Å². The van der Waals surface area contributed by atoms with Crippen LogP contribution < -0.4 is 5.32 Å². The van der Waals surface area contributed by atoms with Crippen LogP contribution in [0, 0.1) is 0 Å². The first-order chi connectivity index (χ1) is 9.29. The first-order valence-corrected chi connectivity index (χ1v) is 5.89. The Kier molecular flexibility index (Phi) is 3.65. The lowest BCUT2D eigenvalue weighted by atomic mass is 10.0. The molecular formula is C12H12F3N3O2. The van der Waals surface area contributed by atoms with Crippen LogP contribution in [0.1, 0.15) is 18.4 Å². The minimum atomic E-state index is -4.45. The number of carbonyl (C=O) groups excluding carboxylic acids is 2. The number of likely N-dealkylation sites (tertiary alicyclic amines) is 1. The molecule has 0 bridgehead atoms. The number of amides is 2. The minimum Gasteiger partial charge on any atom is -0.358 e. The number of hydrogen-bond donors (Lipinski definition) is 1. The molecule has 2 rings (SSSR count). The average molecular weight is 287 g/mol. The summed E-state index contributed by atoms with van der Waals surface area (Å²) in [5.41, 5.74) is -0.856. The molecule has 1 fully saturated rings. The molecule has 108 valence electrons. The molecule has 0 spiro atoms. The molecule has 0 aliphatic carbocycles. The monoisotopic (exact) mass is 287 g/mol. The SMILES string of the molecule is CN1C(=O)CCC(Nc2ccc(C(F)(F)F)cn2)C1=O. The van der Waals surface area contributed by atoms with Gasteiger partial charge in [0, 0.05) is 19.7 Å². The zero-order valence-corrected chi connectivity index (χ0v) is 10.6. The van der Waals surface area contributed by atoms with E-state index in [0.29, 0.717) is 12.6 Å². The van der Waals surface area contributed by atoms with E-state index in [4.69, 9.17) is 0 Å². The molecule has 1 saturated heterocycles. The fourth-order valence-corrected chi connectivity index (χ4v) is 1.87. The van der Waals surface area contributed by atoms with Gasteiger partial charge in [0.05, 0.1) is 5.56 Å². The maximum absolute atomic E-state index is 12.4. The van der Waals surface area contributed by atoms with Gasteiger partial charge in [0.15, 0.2) is 0 Å². The fourth-order valence-electron chi connectivity index (χ4n) is 1.87. The number of carbonyl (C=O) groups is 2. The summed E-state index contributed by atoms with van der Waals surface area (Å²) in [5, 5.41) is 2.74. The zero-order valence-electron chi connectivity index (χ0n) is 10.6. The van der Waals surface area contributed by atoms with Crippen molar-refractivity contribution in [3.8, 4) is 0 Å². The van der Waals surface area contributed by atoms with Crippen molar-refractivity contribution in [1.82, 2.24) is 9.88 Å². The summed E-state index contributed by atoms with van der Waals surface area (Å²) in [6.45, 7) is 0. The minimum absolute atomic E-state index is 0.166. The lowest BCUT2D eigenvalue weighted by molar-refractivity contribution is -0.147. The van der Waals surface area contributed by atoms with Crippen LogP contribution in [0.25, 0.3) is 0 Å². The Hall–Kier alpha value is -2.12. The van der Waals surface area contributed by atoms with E-state index in [-0.39, 0.29) is 18.1 Å². The van der Waals surface area contributed by atoms with Gasteiger partial charge in [0.25, 0.3) is 5.91 Å². The number of piperidine rings is 1. The molecule has 5 nitrogen and oxygen atoms in total. The van der Waals surface area contributed by atoms with Crippen LogP contribution in [0.4, 0.5) is 19.0 Å². The summed E-state index contributed by atoms with van der Waals surface area (Å²) in [6.07, 6.45) is -3.24. The number of anilines is 1. The molecule has 1 N–H and O–H groups in total. The van der Waals surface area contributed by atoms with Crippen LogP contribution in [-0.4, -0.2) is 34.8 Å². The van der Waals surface area contributed by atoms with Gasteiger partial charge in [-0.15, -0.1) is 0 Å². The van der Waals surface area contributed by atoms with Gasteiger partial charge in [-0.3, -0.25) is 14.5 Å². The fraction of sp³-hybridized carbons (Fsp3) is 0.417. The maximum Gasteiger partial charge on any atom is 0.417 e. The molecule has 1 atom stereocenters. The summed E-state index contributed by atoms with van der Waals surface area (Å²) in [6, 6.07) is 1.39. The number of nitrogens with one attached hydrogen (secondary N) is 1. The van der Waals surface area contributed by atoms with Crippen molar-refractivity contribution in [2.75, 3.05) is 12.4 Å². The molecule has 0 saturated carbocycles. The average Bonchev–Trinajstić information content (AvgIpc) is 2.39. The van der Waals surface area contributed by atoms with E-state index in [9.17, 15) is 22.8 Å². The molecule has 1 unspecified atom stereocenters. The van der Waals surface area contributed by atoms with Gasteiger partial charge in [0.2, 0.25) is 5.91 Å². The summed E-state index contributed by atoms with van der Waals surface area (Å²) >= 11 is 0. The van der Waals surface area contributed by atoms with Crippen LogP contribution in [0.5, 0.6) is 0 Å². The number of aromatic nitrogens is 1. The first-order valence-electron chi connectivity index (χ1n) is 5.89. The molecule has 1 aromatic heterocycles. The standard InChI is InChI=1S/C12H12F3N3O2/c1-18-10(19)5-3-8(11(18)20)17-9-4-2-7(6-16-9)12(13,14)15/h2,4,6,8H,3,5H2,1H3,(H,16,17). The Labute approximate surface area is 112 Å².